The van der Waals surface area contributed by atoms with E-state index in [1.165, 1.54) is 14.7 Å². The topological polar surface area (TPSA) is 38.8 Å². The van der Waals surface area contributed by atoms with Crippen LogP contribution in [0, 0.1) is 8.99 Å². The molecule has 1 aromatic rings. The highest BCUT2D eigenvalue weighted by Gasteiger charge is 2.58. The highest BCUT2D eigenvalue weighted by atomic mass is 127. The van der Waals surface area contributed by atoms with E-state index in [1.54, 1.807) is 7.11 Å². The summed E-state index contributed by atoms with van der Waals surface area (Å²) in [6.45, 7) is 13.4. The quantitative estimate of drug-likeness (QED) is 0.532. The number of methoxy groups -OCH3 is 1. The molecule has 2 atom stereocenters. The van der Waals surface area contributed by atoms with Crippen LogP contribution in [-0.4, -0.2) is 36.3 Å². The second-order valence-corrected chi connectivity index (χ2v) is 10.5. The van der Waals surface area contributed by atoms with Crippen molar-refractivity contribution in [2.75, 3.05) is 13.7 Å². The molecule has 1 aromatic carbocycles. The molecule has 3 rings (SSSR count). The third-order valence-corrected chi connectivity index (χ3v) is 7.40. The summed E-state index contributed by atoms with van der Waals surface area (Å²) in [4.78, 5) is 14.9. The summed E-state index contributed by atoms with van der Waals surface area (Å²) in [6, 6.07) is 4.30. The van der Waals surface area contributed by atoms with E-state index in [0.29, 0.717) is 0 Å². The first-order valence-electron chi connectivity index (χ1n) is 9.28. The molecule has 0 N–H and O–H groups in total. The van der Waals surface area contributed by atoms with E-state index in [-0.39, 0.29) is 23.0 Å². The number of carbonyl (C=O) groups is 1. The molecule has 5 heteroatoms. The van der Waals surface area contributed by atoms with E-state index >= 15 is 0 Å². The summed E-state index contributed by atoms with van der Waals surface area (Å²) in [5.74, 6) is 0.929. The molecule has 4 nitrogen and oxygen atoms in total. The number of likely N-dealkylation sites (tertiary alicyclic amines) is 1. The minimum atomic E-state index is -0.485. The molecule has 1 fully saturated rings. The fraction of sp³-hybridized carbons (Fsp3) is 0.667. The Balaban J connectivity index is 2.10. The molecule has 1 saturated heterocycles. The van der Waals surface area contributed by atoms with Gasteiger partial charge in [0.2, 0.25) is 0 Å². The molecule has 0 saturated carbocycles. The molecule has 2 aliphatic rings. The smallest absolute Gasteiger partial charge is 0.410 e. The minimum absolute atomic E-state index is 0.00513. The van der Waals surface area contributed by atoms with Crippen LogP contribution in [0.1, 0.15) is 59.1 Å². The van der Waals surface area contributed by atoms with Gasteiger partial charge < -0.3 is 14.4 Å². The van der Waals surface area contributed by atoms with Gasteiger partial charge >= 0.3 is 6.09 Å². The molecule has 0 aromatic heterocycles. The summed E-state index contributed by atoms with van der Waals surface area (Å²) in [5.41, 5.74) is 2.11. The monoisotopic (exact) mass is 471 g/mol. The Morgan fingerprint density at radius 2 is 1.92 bits per heavy atom. The third kappa shape index (κ3) is 2.90. The van der Waals surface area contributed by atoms with Crippen molar-refractivity contribution in [2.24, 2.45) is 5.41 Å². The number of halogens is 1. The summed E-state index contributed by atoms with van der Waals surface area (Å²) in [5, 5.41) is 0. The predicted octanol–water partition coefficient (Wildman–Crippen LogP) is 5.15. The summed E-state index contributed by atoms with van der Waals surface area (Å²) < 4.78 is 12.7. The third-order valence-electron chi connectivity index (χ3n) is 6.50. The van der Waals surface area contributed by atoms with Crippen LogP contribution in [-0.2, 0) is 16.6 Å². The molecule has 0 spiro atoms. The van der Waals surface area contributed by atoms with Gasteiger partial charge in [-0.3, -0.25) is 0 Å². The van der Waals surface area contributed by atoms with Crippen LogP contribution in [0.25, 0.3) is 0 Å². The van der Waals surface area contributed by atoms with Crippen molar-refractivity contribution in [3.63, 3.8) is 0 Å². The maximum atomic E-state index is 12.9. The van der Waals surface area contributed by atoms with Crippen molar-refractivity contribution in [3.8, 4) is 5.75 Å². The van der Waals surface area contributed by atoms with Gasteiger partial charge in [0.1, 0.15) is 11.4 Å². The molecular weight excluding hydrogens is 441 g/mol. The summed E-state index contributed by atoms with van der Waals surface area (Å²) in [6.07, 6.45) is 1.52. The predicted molar refractivity (Wildman–Crippen MR) is 112 cm³/mol. The maximum Gasteiger partial charge on any atom is 0.410 e. The first-order valence-corrected chi connectivity index (χ1v) is 10.4. The highest BCUT2D eigenvalue weighted by Crippen LogP contribution is 2.58. The average Bonchev–Trinajstić information content (AvgIpc) is 2.48. The lowest BCUT2D eigenvalue weighted by Gasteiger charge is -2.60. The molecule has 0 unspecified atom stereocenters. The van der Waals surface area contributed by atoms with Crippen molar-refractivity contribution >= 4 is 28.7 Å². The number of fused-ring (bicyclic) bond motifs is 4. The molecular formula is C21H30INO3. The first kappa shape index (κ1) is 19.8. The highest BCUT2D eigenvalue weighted by molar-refractivity contribution is 14.1. The Morgan fingerprint density at radius 3 is 2.50 bits per heavy atom. The molecule has 1 amide bonds. The zero-order valence-corrected chi connectivity index (χ0v) is 19.1. The molecule has 1 heterocycles. The minimum Gasteiger partial charge on any atom is -0.496 e. The Kier molecular flexibility index (Phi) is 4.78. The second kappa shape index (κ2) is 6.28. The van der Waals surface area contributed by atoms with Gasteiger partial charge in [0.05, 0.1) is 7.11 Å². The van der Waals surface area contributed by atoms with Gasteiger partial charge in [-0.05, 0) is 79.3 Å². The normalized spacial score (nSPS) is 26.9. The average molecular weight is 471 g/mol. The van der Waals surface area contributed by atoms with Crippen LogP contribution in [0.2, 0.25) is 0 Å². The molecule has 1 aliphatic heterocycles. The fourth-order valence-corrected chi connectivity index (χ4v) is 5.82. The lowest BCUT2D eigenvalue weighted by Crippen LogP contribution is -2.65. The maximum absolute atomic E-state index is 12.9. The Hall–Kier alpha value is -0.980. The lowest BCUT2D eigenvalue weighted by molar-refractivity contribution is -0.0527. The standard InChI is InChI=1S/C21H30INO3/c1-19(2,3)26-18(24)23-11-10-21(6)17-13(12-16(23)20(21,4)5)15(25-7)9-8-14(17)22/h8-9,16H,10-12H2,1-7H3/t16-,21-/m1/s1. The van der Waals surface area contributed by atoms with Crippen molar-refractivity contribution in [1.29, 1.82) is 0 Å². The Labute approximate surface area is 170 Å². The molecule has 0 radical (unpaired) electrons. The second-order valence-electron chi connectivity index (χ2n) is 9.30. The van der Waals surface area contributed by atoms with Gasteiger partial charge in [-0.2, -0.15) is 0 Å². The first-order chi connectivity index (χ1) is 11.9. The molecule has 2 bridgehead atoms. The van der Waals surface area contributed by atoms with E-state index in [2.05, 4.69) is 55.5 Å². The van der Waals surface area contributed by atoms with Crippen LogP contribution in [0.4, 0.5) is 4.79 Å². The van der Waals surface area contributed by atoms with E-state index in [9.17, 15) is 4.79 Å². The van der Waals surface area contributed by atoms with E-state index in [0.717, 1.165) is 25.1 Å². The van der Waals surface area contributed by atoms with Crippen LogP contribution in [0.3, 0.4) is 0 Å². The van der Waals surface area contributed by atoms with Gasteiger partial charge in [0.25, 0.3) is 0 Å². The molecule has 1 aliphatic carbocycles. The Bertz CT molecular complexity index is 738. The number of rotatable bonds is 1. The number of amides is 1. The molecule has 26 heavy (non-hydrogen) atoms. The van der Waals surface area contributed by atoms with Gasteiger partial charge in [-0.25, -0.2) is 4.79 Å². The van der Waals surface area contributed by atoms with Crippen LogP contribution >= 0.6 is 22.6 Å². The van der Waals surface area contributed by atoms with E-state index in [1.807, 2.05) is 25.7 Å². The van der Waals surface area contributed by atoms with Gasteiger partial charge in [-0.1, -0.05) is 20.8 Å². The number of benzene rings is 1. The summed E-state index contributed by atoms with van der Waals surface area (Å²) in [7, 11) is 1.73. The number of piperidine rings is 1. The number of hydrogen-bond acceptors (Lipinski definition) is 3. The van der Waals surface area contributed by atoms with E-state index in [4.69, 9.17) is 9.47 Å². The van der Waals surface area contributed by atoms with E-state index < -0.39 is 5.60 Å². The van der Waals surface area contributed by atoms with Crippen LogP contribution in [0.15, 0.2) is 12.1 Å². The fourth-order valence-electron chi connectivity index (χ4n) is 4.71. The lowest BCUT2D eigenvalue weighted by atomic mass is 9.51. The van der Waals surface area contributed by atoms with Gasteiger partial charge in [-0.15, -0.1) is 0 Å². The number of nitrogens with zero attached hydrogens (tertiary/aromatic N) is 1. The number of ether oxygens (including phenoxy) is 2. The zero-order valence-electron chi connectivity index (χ0n) is 16.9. The summed E-state index contributed by atoms with van der Waals surface area (Å²) >= 11 is 2.45. The van der Waals surface area contributed by atoms with Crippen molar-refractivity contribution in [1.82, 2.24) is 4.90 Å². The number of carbonyl (C=O) groups excluding carboxylic acids is 1. The van der Waals surface area contributed by atoms with Crippen LogP contribution in [0.5, 0.6) is 5.75 Å². The SMILES string of the molecule is COc1ccc(I)c2c1C[C@H]1N(C(=O)OC(C)(C)C)CC[C@@]2(C)C1(C)C. The largest absolute Gasteiger partial charge is 0.496 e. The molecule has 144 valence electrons. The van der Waals surface area contributed by atoms with Crippen molar-refractivity contribution in [2.45, 2.75) is 71.4 Å². The van der Waals surface area contributed by atoms with Gasteiger partial charge in [0.15, 0.2) is 0 Å². The van der Waals surface area contributed by atoms with Crippen molar-refractivity contribution < 1.29 is 14.3 Å². The zero-order chi connectivity index (χ0) is 19.5. The Morgan fingerprint density at radius 1 is 1.27 bits per heavy atom. The number of hydrogen-bond donors (Lipinski definition) is 0. The van der Waals surface area contributed by atoms with Crippen LogP contribution < -0.4 is 4.74 Å². The van der Waals surface area contributed by atoms with Crippen molar-refractivity contribution in [3.05, 3.63) is 26.8 Å². The van der Waals surface area contributed by atoms with Gasteiger partial charge in [0, 0.05) is 27.1 Å².